The van der Waals surface area contributed by atoms with Gasteiger partial charge in [-0.25, -0.2) is 4.39 Å². The quantitative estimate of drug-likeness (QED) is 0.533. The van der Waals surface area contributed by atoms with Crippen LogP contribution in [0, 0.1) is 11.7 Å². The number of fused-ring (bicyclic) bond motifs is 1. The van der Waals surface area contributed by atoms with Gasteiger partial charge in [-0.3, -0.25) is 14.4 Å². The zero-order valence-electron chi connectivity index (χ0n) is 18.0. The second-order valence-electron chi connectivity index (χ2n) is 7.75. The van der Waals surface area contributed by atoms with Crippen molar-refractivity contribution in [2.75, 3.05) is 14.1 Å². The Kier molecular flexibility index (Phi) is 7.20. The van der Waals surface area contributed by atoms with Crippen LogP contribution in [0.2, 0.25) is 0 Å². The zero-order valence-corrected chi connectivity index (χ0v) is 18.0. The number of rotatable bonds is 8. The summed E-state index contributed by atoms with van der Waals surface area (Å²) in [4.78, 5) is 39.2. The maximum atomic E-state index is 13.2. The molecule has 2 atom stereocenters. The number of hydrogen-bond acceptors (Lipinski definition) is 3. The normalized spacial score (nSPS) is 12.7. The van der Waals surface area contributed by atoms with Crippen molar-refractivity contribution < 1.29 is 18.8 Å². The third-order valence-electron chi connectivity index (χ3n) is 5.60. The fraction of sp³-hybridized carbons (Fsp3) is 0.240. The highest BCUT2D eigenvalue weighted by molar-refractivity contribution is 6.01. The highest BCUT2D eigenvalue weighted by atomic mass is 19.1. The second-order valence-corrected chi connectivity index (χ2v) is 7.75. The molecular formula is C25H26FN3O3. The Morgan fingerprint density at radius 1 is 0.938 bits per heavy atom. The van der Waals surface area contributed by atoms with Gasteiger partial charge < -0.3 is 16.0 Å². The number of nitrogens with zero attached hydrogens (tertiary/aromatic N) is 1. The molecular weight excluding hydrogens is 409 g/mol. The van der Waals surface area contributed by atoms with E-state index in [4.69, 9.17) is 5.73 Å². The molecule has 32 heavy (non-hydrogen) atoms. The largest absolute Gasteiger partial charge is 0.369 e. The molecule has 3 N–H and O–H groups in total. The number of nitrogens with one attached hydrogen (secondary N) is 1. The number of likely N-dealkylation sites (N-methyl/N-ethyl adjacent to an activating group) is 2. The minimum atomic E-state index is -1.12. The number of halogens is 1. The van der Waals surface area contributed by atoms with Gasteiger partial charge >= 0.3 is 0 Å². The Morgan fingerprint density at radius 3 is 2.19 bits per heavy atom. The van der Waals surface area contributed by atoms with Crippen LogP contribution >= 0.6 is 0 Å². The van der Waals surface area contributed by atoms with E-state index in [1.54, 1.807) is 12.1 Å². The minimum absolute atomic E-state index is 0.125. The van der Waals surface area contributed by atoms with E-state index in [1.165, 1.54) is 31.1 Å². The maximum Gasteiger partial charge on any atom is 0.242 e. The van der Waals surface area contributed by atoms with Crippen molar-refractivity contribution in [1.29, 1.82) is 0 Å². The van der Waals surface area contributed by atoms with E-state index in [1.807, 2.05) is 42.5 Å². The van der Waals surface area contributed by atoms with Crippen molar-refractivity contribution in [2.45, 2.75) is 18.9 Å². The average molecular weight is 435 g/mol. The highest BCUT2D eigenvalue weighted by Crippen LogP contribution is 2.20. The van der Waals surface area contributed by atoms with Gasteiger partial charge in [0.2, 0.25) is 17.7 Å². The van der Waals surface area contributed by atoms with Crippen LogP contribution in [0.25, 0.3) is 10.8 Å². The molecule has 0 unspecified atom stereocenters. The molecule has 0 aliphatic rings. The molecule has 0 saturated heterocycles. The van der Waals surface area contributed by atoms with E-state index in [-0.39, 0.29) is 24.6 Å². The molecule has 0 radical (unpaired) electrons. The van der Waals surface area contributed by atoms with Crippen LogP contribution < -0.4 is 11.1 Å². The Hall–Kier alpha value is -3.74. The SMILES string of the molecule is CNC(=O)[C@@H](Cc1ccc(F)cc1)N(C)C(=O)[C@H](Cc1ccc2ccccc2c1)C(N)=O. The summed E-state index contributed by atoms with van der Waals surface area (Å²) in [7, 11) is 2.95. The summed E-state index contributed by atoms with van der Waals surface area (Å²) in [5.74, 6) is -3.20. The molecule has 3 aromatic rings. The first-order valence-corrected chi connectivity index (χ1v) is 10.3. The van der Waals surface area contributed by atoms with Gasteiger partial charge in [0, 0.05) is 20.5 Å². The van der Waals surface area contributed by atoms with E-state index >= 15 is 0 Å². The third-order valence-corrected chi connectivity index (χ3v) is 5.60. The fourth-order valence-electron chi connectivity index (χ4n) is 3.73. The number of amides is 3. The van der Waals surface area contributed by atoms with Crippen LogP contribution in [0.3, 0.4) is 0 Å². The van der Waals surface area contributed by atoms with Gasteiger partial charge in [0.25, 0.3) is 0 Å². The van der Waals surface area contributed by atoms with E-state index < -0.39 is 23.8 Å². The number of carbonyl (C=O) groups excluding carboxylic acids is 3. The van der Waals surface area contributed by atoms with E-state index in [0.717, 1.165) is 16.3 Å². The highest BCUT2D eigenvalue weighted by Gasteiger charge is 2.34. The number of primary amides is 1. The first-order chi connectivity index (χ1) is 15.3. The van der Waals surface area contributed by atoms with Crippen LogP contribution in [-0.4, -0.2) is 42.8 Å². The lowest BCUT2D eigenvalue weighted by molar-refractivity contribution is -0.145. The molecule has 0 heterocycles. The van der Waals surface area contributed by atoms with Gasteiger partial charge in [-0.05, 0) is 40.5 Å². The average Bonchev–Trinajstić information content (AvgIpc) is 2.80. The fourth-order valence-corrected chi connectivity index (χ4v) is 3.73. The van der Waals surface area contributed by atoms with E-state index in [0.29, 0.717) is 5.56 Å². The summed E-state index contributed by atoms with van der Waals surface area (Å²) in [6.45, 7) is 0. The van der Waals surface area contributed by atoms with Gasteiger partial charge in [-0.1, -0.05) is 54.6 Å². The molecule has 0 fully saturated rings. The number of nitrogens with two attached hydrogens (primary N) is 1. The molecule has 3 aromatic carbocycles. The van der Waals surface area contributed by atoms with Crippen molar-refractivity contribution in [3.8, 4) is 0 Å². The summed E-state index contributed by atoms with van der Waals surface area (Å²) in [6.07, 6.45) is 0.296. The molecule has 0 saturated carbocycles. The second kappa shape index (κ2) is 10.0. The smallest absolute Gasteiger partial charge is 0.242 e. The zero-order chi connectivity index (χ0) is 23.3. The Bertz CT molecular complexity index is 1130. The van der Waals surface area contributed by atoms with Crippen molar-refractivity contribution in [1.82, 2.24) is 10.2 Å². The topological polar surface area (TPSA) is 92.5 Å². The molecule has 166 valence electrons. The molecule has 3 amide bonds. The first-order valence-electron chi connectivity index (χ1n) is 10.3. The molecule has 6 nitrogen and oxygen atoms in total. The van der Waals surface area contributed by atoms with Crippen LogP contribution in [0.4, 0.5) is 4.39 Å². The van der Waals surface area contributed by atoms with Crippen molar-refractivity contribution in [3.63, 3.8) is 0 Å². The molecule has 0 aromatic heterocycles. The molecule has 0 bridgehead atoms. The first kappa shape index (κ1) is 22.9. The van der Waals surface area contributed by atoms with Crippen molar-refractivity contribution in [2.24, 2.45) is 11.7 Å². The Balaban J connectivity index is 1.83. The van der Waals surface area contributed by atoms with Crippen LogP contribution in [0.5, 0.6) is 0 Å². The Morgan fingerprint density at radius 2 is 1.56 bits per heavy atom. The maximum absolute atomic E-state index is 13.2. The van der Waals surface area contributed by atoms with Crippen LogP contribution in [0.1, 0.15) is 11.1 Å². The molecule has 0 aliphatic heterocycles. The van der Waals surface area contributed by atoms with E-state index in [2.05, 4.69) is 5.32 Å². The molecule has 7 heteroatoms. The predicted molar refractivity (Wildman–Crippen MR) is 121 cm³/mol. The molecule has 3 rings (SSSR count). The van der Waals surface area contributed by atoms with Crippen LogP contribution in [0.15, 0.2) is 66.7 Å². The molecule has 0 spiro atoms. The monoisotopic (exact) mass is 435 g/mol. The standard InChI is InChI=1S/C25H26FN3O3/c1-28-24(31)22(15-16-8-11-20(26)12-9-16)29(2)25(32)21(23(27)30)14-17-7-10-18-5-3-4-6-19(18)13-17/h3-13,21-22H,14-15H2,1-2H3,(H2,27,30)(H,28,31)/t21-,22-/m1/s1. The van der Waals surface area contributed by atoms with Crippen molar-refractivity contribution >= 4 is 28.5 Å². The summed E-state index contributed by atoms with van der Waals surface area (Å²) >= 11 is 0. The number of carbonyl (C=O) groups is 3. The van der Waals surface area contributed by atoms with Gasteiger partial charge in [0.05, 0.1) is 0 Å². The van der Waals surface area contributed by atoms with Crippen LogP contribution in [-0.2, 0) is 27.2 Å². The van der Waals surface area contributed by atoms with Gasteiger partial charge in [0.15, 0.2) is 0 Å². The lowest BCUT2D eigenvalue weighted by atomic mass is 9.94. The number of benzene rings is 3. The lowest BCUT2D eigenvalue weighted by Crippen LogP contribution is -2.52. The molecule has 0 aliphatic carbocycles. The Labute approximate surface area is 186 Å². The summed E-state index contributed by atoms with van der Waals surface area (Å²) in [5.41, 5.74) is 7.07. The van der Waals surface area contributed by atoms with E-state index in [9.17, 15) is 18.8 Å². The summed E-state index contributed by atoms with van der Waals surface area (Å²) in [5, 5.41) is 4.59. The predicted octanol–water partition coefficient (Wildman–Crippen LogP) is 2.44. The van der Waals surface area contributed by atoms with Crippen molar-refractivity contribution in [3.05, 3.63) is 83.7 Å². The minimum Gasteiger partial charge on any atom is -0.369 e. The summed E-state index contributed by atoms with van der Waals surface area (Å²) in [6, 6.07) is 18.3. The number of hydrogen-bond donors (Lipinski definition) is 2. The van der Waals surface area contributed by atoms with Gasteiger partial charge in [-0.2, -0.15) is 0 Å². The van der Waals surface area contributed by atoms with Gasteiger partial charge in [-0.15, -0.1) is 0 Å². The lowest BCUT2D eigenvalue weighted by Gasteiger charge is -2.29. The van der Waals surface area contributed by atoms with Gasteiger partial charge in [0.1, 0.15) is 17.8 Å². The third kappa shape index (κ3) is 5.29. The summed E-state index contributed by atoms with van der Waals surface area (Å²) < 4.78 is 13.2.